The first-order chi connectivity index (χ1) is 25.1. The quantitative estimate of drug-likeness (QED) is 0.134. The summed E-state index contributed by atoms with van der Waals surface area (Å²) in [5.74, 6) is 0.0847. The number of alkyl carbamates (subject to hydrolysis) is 1. The molecule has 14 nitrogen and oxygen atoms in total. The summed E-state index contributed by atoms with van der Waals surface area (Å²) >= 11 is 0. The summed E-state index contributed by atoms with van der Waals surface area (Å²) in [7, 11) is 4.45. The Balaban J connectivity index is 1.61. The van der Waals surface area contributed by atoms with E-state index >= 15 is 0 Å². The largest absolute Gasteiger partial charge is 0.495 e. The molecule has 0 saturated carbocycles. The summed E-state index contributed by atoms with van der Waals surface area (Å²) < 4.78 is 22.7. The minimum atomic E-state index is -0.783. The first-order valence-corrected chi connectivity index (χ1v) is 17.4. The summed E-state index contributed by atoms with van der Waals surface area (Å²) in [6.45, 7) is 8.24. The molecule has 3 aromatic rings. The maximum absolute atomic E-state index is 13.7. The van der Waals surface area contributed by atoms with Gasteiger partial charge in [0.2, 0.25) is 5.91 Å². The van der Waals surface area contributed by atoms with Crippen LogP contribution in [0.4, 0.5) is 21.0 Å². The van der Waals surface area contributed by atoms with E-state index in [0.717, 1.165) is 10.5 Å². The van der Waals surface area contributed by atoms with Crippen LogP contribution in [0.5, 0.6) is 17.2 Å². The Hall–Kier alpha value is -5.79. The lowest BCUT2D eigenvalue weighted by molar-refractivity contribution is -0.127. The summed E-state index contributed by atoms with van der Waals surface area (Å²) in [5, 5.41) is 5.52. The number of hydrogen-bond acceptors (Lipinski definition) is 9. The molecule has 0 bridgehead atoms. The van der Waals surface area contributed by atoms with Gasteiger partial charge in [-0.1, -0.05) is 18.2 Å². The molecule has 0 fully saturated rings. The molecule has 53 heavy (non-hydrogen) atoms. The number of nitrogens with one attached hydrogen (secondary N) is 2. The van der Waals surface area contributed by atoms with E-state index in [1.54, 1.807) is 70.3 Å². The first-order valence-electron chi connectivity index (χ1n) is 17.4. The molecule has 3 aromatic carbocycles. The number of rotatable bonds is 17. The lowest BCUT2D eigenvalue weighted by Crippen LogP contribution is -2.37. The average molecular weight is 734 g/mol. The van der Waals surface area contributed by atoms with Crippen LogP contribution < -0.4 is 35.5 Å². The van der Waals surface area contributed by atoms with Crippen molar-refractivity contribution in [2.75, 3.05) is 51.2 Å². The zero-order valence-corrected chi connectivity index (χ0v) is 31.6. The van der Waals surface area contributed by atoms with Gasteiger partial charge in [-0.05, 0) is 101 Å². The zero-order valence-electron chi connectivity index (χ0n) is 31.6. The molecule has 0 atom stereocenters. The number of aryl methyl sites for hydroxylation is 1. The number of methoxy groups -OCH3 is 1. The van der Waals surface area contributed by atoms with Crippen molar-refractivity contribution in [3.8, 4) is 17.2 Å². The molecule has 0 aliphatic heterocycles. The number of ether oxygens (including phenoxy) is 4. The number of unbranched alkanes of at least 4 members (excludes halogenated alkanes) is 2. The molecule has 0 unspecified atom stereocenters. The number of urea groups is 1. The number of carbonyl (C=O) groups excluding carboxylic acids is 5. The molecule has 0 saturated heterocycles. The summed E-state index contributed by atoms with van der Waals surface area (Å²) in [5.41, 5.74) is 7.04. The Morgan fingerprint density at radius 3 is 2.21 bits per heavy atom. The smallest absolute Gasteiger partial charge is 0.407 e. The van der Waals surface area contributed by atoms with Crippen molar-refractivity contribution in [3.05, 3.63) is 77.4 Å². The fourth-order valence-corrected chi connectivity index (χ4v) is 5.00. The van der Waals surface area contributed by atoms with Gasteiger partial charge in [-0.15, -0.1) is 0 Å². The summed E-state index contributed by atoms with van der Waals surface area (Å²) in [6, 6.07) is 16.3. The van der Waals surface area contributed by atoms with Crippen molar-refractivity contribution in [1.82, 2.24) is 10.2 Å². The number of hydrogen-bond donors (Lipinski definition) is 3. The summed E-state index contributed by atoms with van der Waals surface area (Å²) in [6.07, 6.45) is 2.12. The monoisotopic (exact) mass is 733 g/mol. The molecular weight excluding hydrogens is 682 g/mol. The van der Waals surface area contributed by atoms with Gasteiger partial charge >= 0.3 is 12.1 Å². The molecule has 286 valence electrons. The molecule has 0 radical (unpaired) electrons. The molecule has 14 heteroatoms. The van der Waals surface area contributed by atoms with Crippen LogP contribution in [0.1, 0.15) is 79.2 Å². The van der Waals surface area contributed by atoms with Crippen LogP contribution in [0, 0.1) is 6.92 Å². The van der Waals surface area contributed by atoms with Crippen LogP contribution in [-0.4, -0.2) is 81.3 Å². The number of primary amides is 1. The van der Waals surface area contributed by atoms with Crippen LogP contribution >= 0.6 is 0 Å². The van der Waals surface area contributed by atoms with Gasteiger partial charge in [0, 0.05) is 32.6 Å². The third-order valence-electron chi connectivity index (χ3n) is 7.85. The van der Waals surface area contributed by atoms with Gasteiger partial charge in [0.15, 0.2) is 0 Å². The van der Waals surface area contributed by atoms with E-state index in [9.17, 15) is 24.0 Å². The molecule has 0 aromatic heterocycles. The van der Waals surface area contributed by atoms with Crippen LogP contribution in [-0.2, 0) is 9.53 Å². The van der Waals surface area contributed by atoms with E-state index in [1.165, 1.54) is 19.1 Å². The van der Waals surface area contributed by atoms with Crippen molar-refractivity contribution >= 4 is 41.2 Å². The highest BCUT2D eigenvalue weighted by molar-refractivity contribution is 6.09. The highest BCUT2D eigenvalue weighted by Crippen LogP contribution is 2.32. The van der Waals surface area contributed by atoms with E-state index < -0.39 is 23.6 Å². The maximum atomic E-state index is 13.7. The number of anilines is 2. The molecule has 4 N–H and O–H groups in total. The number of benzene rings is 3. The lowest BCUT2D eigenvalue weighted by Gasteiger charge is -2.22. The molecule has 0 heterocycles. The van der Waals surface area contributed by atoms with Crippen LogP contribution in [0.2, 0.25) is 0 Å². The van der Waals surface area contributed by atoms with Gasteiger partial charge in [0.25, 0.3) is 11.8 Å². The van der Waals surface area contributed by atoms with Gasteiger partial charge in [0.1, 0.15) is 22.8 Å². The molecule has 6 amide bonds. The number of amides is 6. The van der Waals surface area contributed by atoms with Crippen LogP contribution in [0.3, 0.4) is 0 Å². The van der Waals surface area contributed by atoms with Crippen molar-refractivity contribution < 1.29 is 42.9 Å². The van der Waals surface area contributed by atoms with Gasteiger partial charge in [-0.3, -0.25) is 19.3 Å². The van der Waals surface area contributed by atoms with E-state index in [4.69, 9.17) is 24.7 Å². The van der Waals surface area contributed by atoms with Gasteiger partial charge < -0.3 is 40.2 Å². The minimum absolute atomic E-state index is 0.206. The SMILES string of the molecule is COc1cc(C(=O)N(C)c2ccc(C)cc2OCCCCCC(=O)N(C)C(N)=O)ccc1NC(=O)c1ccccc1OCCCNC(=O)OC(C)(C)C. The van der Waals surface area contributed by atoms with Crippen molar-refractivity contribution in [2.45, 2.75) is 65.4 Å². The molecule has 0 spiro atoms. The van der Waals surface area contributed by atoms with Crippen molar-refractivity contribution in [1.29, 1.82) is 0 Å². The number of nitrogens with zero attached hydrogens (tertiary/aromatic N) is 2. The Morgan fingerprint density at radius 2 is 1.51 bits per heavy atom. The average Bonchev–Trinajstić information content (AvgIpc) is 3.11. The Bertz CT molecular complexity index is 1760. The van der Waals surface area contributed by atoms with Gasteiger partial charge in [-0.25, -0.2) is 9.59 Å². The minimum Gasteiger partial charge on any atom is -0.495 e. The topological polar surface area (TPSA) is 179 Å². The van der Waals surface area contributed by atoms with Crippen LogP contribution in [0.15, 0.2) is 60.7 Å². The second-order valence-corrected chi connectivity index (χ2v) is 13.3. The molecule has 0 aliphatic rings. The Labute approximate surface area is 310 Å². The first kappa shape index (κ1) is 41.6. The molecule has 0 aliphatic carbocycles. The molecule has 3 rings (SSSR count). The van der Waals surface area contributed by atoms with Gasteiger partial charge in [0.05, 0.1) is 37.3 Å². The van der Waals surface area contributed by atoms with E-state index in [2.05, 4.69) is 10.6 Å². The zero-order chi connectivity index (χ0) is 39.1. The van der Waals surface area contributed by atoms with Crippen molar-refractivity contribution in [3.63, 3.8) is 0 Å². The number of carbonyl (C=O) groups is 5. The second-order valence-electron chi connectivity index (χ2n) is 13.3. The number of para-hydroxylation sites is 1. The third-order valence-corrected chi connectivity index (χ3v) is 7.85. The maximum Gasteiger partial charge on any atom is 0.407 e. The third kappa shape index (κ3) is 13.0. The van der Waals surface area contributed by atoms with Gasteiger partial charge in [-0.2, -0.15) is 0 Å². The molecular formula is C39H51N5O9. The van der Waals surface area contributed by atoms with Crippen LogP contribution in [0.25, 0.3) is 0 Å². The number of nitrogens with two attached hydrogens (primary N) is 1. The Morgan fingerprint density at radius 1 is 0.811 bits per heavy atom. The predicted octanol–water partition coefficient (Wildman–Crippen LogP) is 6.30. The standard InChI is InChI=1S/C39H51N5O9/c1-26-17-20-30(33(24-26)52-22-12-8-9-16-34(45)44(6)37(40)48)43(5)36(47)27-18-19-29(32(25-27)50-7)42-35(46)28-14-10-11-15-31(28)51-23-13-21-41-38(49)53-39(2,3)4/h10-11,14-15,17-20,24-25H,8-9,12-13,16,21-23H2,1-7H3,(H2,40,48)(H,41,49)(H,42,46). The fraction of sp³-hybridized carbons (Fsp3) is 0.410. The highest BCUT2D eigenvalue weighted by Gasteiger charge is 2.21. The normalized spacial score (nSPS) is 10.8. The second kappa shape index (κ2) is 19.7. The summed E-state index contributed by atoms with van der Waals surface area (Å²) in [4.78, 5) is 64.4. The van der Waals surface area contributed by atoms with Crippen molar-refractivity contribution in [2.24, 2.45) is 5.73 Å². The van der Waals surface area contributed by atoms with E-state index in [0.29, 0.717) is 72.8 Å². The predicted molar refractivity (Wildman–Crippen MR) is 202 cm³/mol. The number of imide groups is 1. The highest BCUT2D eigenvalue weighted by atomic mass is 16.6. The lowest BCUT2D eigenvalue weighted by atomic mass is 10.1. The fourth-order valence-electron chi connectivity index (χ4n) is 5.00. The van der Waals surface area contributed by atoms with E-state index in [-0.39, 0.29) is 30.6 Å². The Kier molecular flexibility index (Phi) is 15.5. The van der Waals surface area contributed by atoms with E-state index in [1.807, 2.05) is 25.1 Å².